The molecule has 3 aromatic carbocycles. The standard InChI is InChI=1S/C30H35N3O2/c1-31-20-24(17-23-18-26-22(19-28(23)31)9-6-12-29(26)35-2)30(34)33-15-13-32(14-16-33)27-11-5-8-21-7-3-4-10-25(21)27/h3-12,23-24,28H,13-20H2,1-2H3/t23-,24-,28-/m1/s1. The number of piperazine rings is 1. The summed E-state index contributed by atoms with van der Waals surface area (Å²) in [6.07, 6.45) is 3.04. The lowest BCUT2D eigenvalue weighted by molar-refractivity contribution is -0.139. The number of likely N-dealkylation sites (N-methyl/N-ethyl adjacent to an activating group) is 1. The second-order valence-electron chi connectivity index (χ2n) is 10.5. The van der Waals surface area contributed by atoms with Crippen LogP contribution in [0.5, 0.6) is 5.75 Å². The van der Waals surface area contributed by atoms with Gasteiger partial charge in [0.05, 0.1) is 13.0 Å². The average molecular weight is 470 g/mol. The van der Waals surface area contributed by atoms with Gasteiger partial charge in [0.25, 0.3) is 0 Å². The van der Waals surface area contributed by atoms with E-state index < -0.39 is 0 Å². The number of rotatable bonds is 3. The Kier molecular flexibility index (Phi) is 5.89. The average Bonchev–Trinajstić information content (AvgIpc) is 2.91. The molecular formula is C30H35N3O2. The summed E-state index contributed by atoms with van der Waals surface area (Å²) >= 11 is 0. The van der Waals surface area contributed by atoms with E-state index in [1.807, 2.05) is 0 Å². The van der Waals surface area contributed by atoms with Crippen molar-refractivity contribution in [3.8, 4) is 5.75 Å². The van der Waals surface area contributed by atoms with Gasteiger partial charge in [-0.2, -0.15) is 0 Å². The molecule has 1 aliphatic carbocycles. The molecule has 5 heteroatoms. The molecule has 0 radical (unpaired) electrons. The van der Waals surface area contributed by atoms with Crippen LogP contribution in [0.2, 0.25) is 0 Å². The van der Waals surface area contributed by atoms with Crippen molar-refractivity contribution in [2.24, 2.45) is 11.8 Å². The molecule has 0 unspecified atom stereocenters. The lowest BCUT2D eigenvalue weighted by atomic mass is 9.72. The van der Waals surface area contributed by atoms with Crippen molar-refractivity contribution in [3.05, 3.63) is 71.8 Å². The number of hydrogen-bond donors (Lipinski definition) is 0. The number of carbonyl (C=O) groups is 1. The van der Waals surface area contributed by atoms with Gasteiger partial charge in [-0.05, 0) is 60.9 Å². The largest absolute Gasteiger partial charge is 0.496 e. The van der Waals surface area contributed by atoms with Gasteiger partial charge < -0.3 is 19.4 Å². The molecule has 2 heterocycles. The molecule has 2 saturated heterocycles. The number of anilines is 1. The summed E-state index contributed by atoms with van der Waals surface area (Å²) in [6.45, 7) is 4.24. The predicted octanol–water partition coefficient (Wildman–Crippen LogP) is 4.23. The zero-order valence-corrected chi connectivity index (χ0v) is 20.8. The van der Waals surface area contributed by atoms with Crippen LogP contribution in [-0.2, 0) is 17.6 Å². The summed E-state index contributed by atoms with van der Waals surface area (Å²) in [5.74, 6) is 1.94. The third kappa shape index (κ3) is 4.06. The zero-order valence-electron chi connectivity index (χ0n) is 20.8. The lowest BCUT2D eigenvalue weighted by Gasteiger charge is -2.47. The predicted molar refractivity (Wildman–Crippen MR) is 141 cm³/mol. The van der Waals surface area contributed by atoms with Crippen LogP contribution in [0.3, 0.4) is 0 Å². The Morgan fingerprint density at radius 1 is 0.914 bits per heavy atom. The Morgan fingerprint density at radius 2 is 1.69 bits per heavy atom. The Morgan fingerprint density at radius 3 is 2.51 bits per heavy atom. The number of amides is 1. The van der Waals surface area contributed by atoms with Gasteiger partial charge in [-0.1, -0.05) is 48.5 Å². The SMILES string of the molecule is COc1cccc2c1C[C@H]1C[C@@H](C(=O)N3CCN(c4cccc5ccccc45)CC3)CN(C)[C@@H]1C2. The topological polar surface area (TPSA) is 36.0 Å². The van der Waals surface area contributed by atoms with E-state index in [9.17, 15) is 4.79 Å². The molecule has 0 spiro atoms. The molecule has 35 heavy (non-hydrogen) atoms. The maximum Gasteiger partial charge on any atom is 0.227 e. The first-order chi connectivity index (χ1) is 17.1. The van der Waals surface area contributed by atoms with Crippen molar-refractivity contribution in [3.63, 3.8) is 0 Å². The van der Waals surface area contributed by atoms with Crippen LogP contribution in [0.25, 0.3) is 10.8 Å². The molecule has 0 N–H and O–H groups in total. The van der Waals surface area contributed by atoms with Crippen molar-refractivity contribution < 1.29 is 9.53 Å². The lowest BCUT2D eigenvalue weighted by Crippen LogP contribution is -2.56. The molecule has 0 aromatic heterocycles. The third-order valence-corrected chi connectivity index (χ3v) is 8.60. The van der Waals surface area contributed by atoms with Crippen LogP contribution >= 0.6 is 0 Å². The summed E-state index contributed by atoms with van der Waals surface area (Å²) in [5, 5.41) is 2.57. The van der Waals surface area contributed by atoms with E-state index in [1.54, 1.807) is 7.11 Å². The quantitative estimate of drug-likeness (QED) is 0.575. The summed E-state index contributed by atoms with van der Waals surface area (Å²) in [6, 6.07) is 22.0. The smallest absolute Gasteiger partial charge is 0.227 e. The first-order valence-electron chi connectivity index (χ1n) is 13.0. The van der Waals surface area contributed by atoms with Gasteiger partial charge in [0.15, 0.2) is 0 Å². The highest BCUT2D eigenvalue weighted by Gasteiger charge is 2.41. The minimum absolute atomic E-state index is 0.0848. The van der Waals surface area contributed by atoms with Gasteiger partial charge in [0.2, 0.25) is 5.91 Å². The Hall–Kier alpha value is -3.05. The second-order valence-corrected chi connectivity index (χ2v) is 10.5. The second kappa shape index (κ2) is 9.19. The molecule has 5 nitrogen and oxygen atoms in total. The normalized spacial score (nSPS) is 24.7. The number of methoxy groups -OCH3 is 1. The van der Waals surface area contributed by atoms with Crippen molar-refractivity contribution in [2.45, 2.75) is 25.3 Å². The van der Waals surface area contributed by atoms with Crippen LogP contribution in [0, 0.1) is 11.8 Å². The highest BCUT2D eigenvalue weighted by molar-refractivity contribution is 5.94. The molecule has 3 aliphatic rings. The molecule has 2 aliphatic heterocycles. The highest BCUT2D eigenvalue weighted by Crippen LogP contribution is 2.40. The van der Waals surface area contributed by atoms with Crippen molar-refractivity contribution in [1.29, 1.82) is 0 Å². The van der Waals surface area contributed by atoms with E-state index in [1.165, 1.54) is 27.6 Å². The fourth-order valence-corrected chi connectivity index (χ4v) is 6.78. The van der Waals surface area contributed by atoms with E-state index in [2.05, 4.69) is 82.4 Å². The van der Waals surface area contributed by atoms with Crippen LogP contribution in [0.4, 0.5) is 5.69 Å². The molecule has 3 aromatic rings. The summed E-state index contributed by atoms with van der Waals surface area (Å²) < 4.78 is 5.67. The Labute approximate surface area is 208 Å². The van der Waals surface area contributed by atoms with E-state index >= 15 is 0 Å². The molecule has 1 amide bonds. The fraction of sp³-hybridized carbons (Fsp3) is 0.433. The van der Waals surface area contributed by atoms with Crippen LogP contribution in [-0.4, -0.2) is 68.6 Å². The number of ether oxygens (including phenoxy) is 1. The Bertz CT molecular complexity index is 1230. The summed E-state index contributed by atoms with van der Waals surface area (Å²) in [7, 11) is 3.97. The summed E-state index contributed by atoms with van der Waals surface area (Å²) in [5.41, 5.74) is 4.04. The molecular weight excluding hydrogens is 434 g/mol. The maximum atomic E-state index is 13.7. The van der Waals surface area contributed by atoms with Crippen LogP contribution < -0.4 is 9.64 Å². The Balaban J connectivity index is 1.13. The fourth-order valence-electron chi connectivity index (χ4n) is 6.78. The summed E-state index contributed by atoms with van der Waals surface area (Å²) in [4.78, 5) is 20.7. The van der Waals surface area contributed by atoms with Crippen LogP contribution in [0.1, 0.15) is 17.5 Å². The van der Waals surface area contributed by atoms with Gasteiger partial charge in [-0.25, -0.2) is 0 Å². The zero-order chi connectivity index (χ0) is 23.9. The molecule has 2 fully saturated rings. The minimum Gasteiger partial charge on any atom is -0.496 e. The molecule has 6 rings (SSSR count). The number of nitrogens with zero attached hydrogens (tertiary/aromatic N) is 3. The maximum absolute atomic E-state index is 13.7. The highest BCUT2D eigenvalue weighted by atomic mass is 16.5. The van der Waals surface area contributed by atoms with Gasteiger partial charge >= 0.3 is 0 Å². The van der Waals surface area contributed by atoms with E-state index in [4.69, 9.17) is 4.74 Å². The number of likely N-dealkylation sites (tertiary alicyclic amines) is 1. The van der Waals surface area contributed by atoms with E-state index in [0.717, 1.165) is 57.7 Å². The van der Waals surface area contributed by atoms with Gasteiger partial charge in [-0.15, -0.1) is 0 Å². The van der Waals surface area contributed by atoms with Crippen molar-refractivity contribution in [1.82, 2.24) is 9.80 Å². The van der Waals surface area contributed by atoms with Gasteiger partial charge in [0.1, 0.15) is 5.75 Å². The van der Waals surface area contributed by atoms with Crippen molar-refractivity contribution >= 4 is 22.4 Å². The number of carbonyl (C=O) groups excluding carboxylic acids is 1. The molecule has 3 atom stereocenters. The first kappa shape index (κ1) is 22.4. The van der Waals surface area contributed by atoms with E-state index in [0.29, 0.717) is 17.9 Å². The molecule has 0 bridgehead atoms. The molecule has 0 saturated carbocycles. The van der Waals surface area contributed by atoms with Crippen molar-refractivity contribution in [2.75, 3.05) is 51.8 Å². The first-order valence-corrected chi connectivity index (χ1v) is 13.0. The van der Waals surface area contributed by atoms with Gasteiger partial charge in [-0.3, -0.25) is 4.79 Å². The third-order valence-electron chi connectivity index (χ3n) is 8.60. The van der Waals surface area contributed by atoms with Crippen LogP contribution in [0.15, 0.2) is 60.7 Å². The number of fused-ring (bicyclic) bond motifs is 3. The van der Waals surface area contributed by atoms with E-state index in [-0.39, 0.29) is 5.92 Å². The number of benzene rings is 3. The monoisotopic (exact) mass is 469 g/mol. The van der Waals surface area contributed by atoms with Gasteiger partial charge in [0, 0.05) is 49.8 Å². The number of piperidine rings is 1. The number of hydrogen-bond acceptors (Lipinski definition) is 4. The molecule has 182 valence electrons. The minimum atomic E-state index is 0.0848.